The first-order valence-electron chi connectivity index (χ1n) is 8.42. The molecule has 1 aliphatic carbocycles. The van der Waals surface area contributed by atoms with Crippen LogP contribution in [0.2, 0.25) is 0 Å². The summed E-state index contributed by atoms with van der Waals surface area (Å²) in [5.74, 6) is 0. The highest BCUT2D eigenvalue weighted by Gasteiger charge is 2.28. The summed E-state index contributed by atoms with van der Waals surface area (Å²) in [5, 5.41) is 12.9. The number of aliphatic hydroxyl groups is 1. The molecule has 2 rings (SSSR count). The lowest BCUT2D eigenvalue weighted by molar-refractivity contribution is 0.120. The van der Waals surface area contributed by atoms with Crippen molar-refractivity contribution < 1.29 is 9.90 Å². The average Bonchev–Trinajstić information content (AvgIpc) is 2.64. The predicted molar refractivity (Wildman–Crippen MR) is 80.7 cm³/mol. The van der Waals surface area contributed by atoms with Crippen LogP contribution in [0, 0.1) is 0 Å². The molecule has 1 saturated carbocycles. The molecule has 2 atom stereocenters. The van der Waals surface area contributed by atoms with Gasteiger partial charge in [-0.1, -0.05) is 32.1 Å². The number of carbonyl (C=O) groups excluding carboxylic acids is 1. The van der Waals surface area contributed by atoms with Gasteiger partial charge in [-0.2, -0.15) is 0 Å². The number of carbonyl (C=O) groups is 1. The zero-order valence-electron chi connectivity index (χ0n) is 12.8. The largest absolute Gasteiger partial charge is 0.393 e. The minimum absolute atomic E-state index is 0.101. The van der Waals surface area contributed by atoms with Gasteiger partial charge in [0.15, 0.2) is 0 Å². The van der Waals surface area contributed by atoms with E-state index in [9.17, 15) is 9.90 Å². The van der Waals surface area contributed by atoms with Crippen LogP contribution < -0.4 is 5.32 Å². The van der Waals surface area contributed by atoms with Gasteiger partial charge in [0.25, 0.3) is 0 Å². The van der Waals surface area contributed by atoms with E-state index in [4.69, 9.17) is 0 Å². The van der Waals surface area contributed by atoms with E-state index in [0.29, 0.717) is 12.5 Å². The molecule has 2 N–H and O–H groups in total. The molecule has 2 amide bonds. The van der Waals surface area contributed by atoms with Crippen LogP contribution >= 0.6 is 0 Å². The van der Waals surface area contributed by atoms with Crippen molar-refractivity contribution in [2.45, 2.75) is 89.3 Å². The number of aliphatic hydroxyl groups excluding tert-OH is 1. The molecule has 116 valence electrons. The van der Waals surface area contributed by atoms with Crippen molar-refractivity contribution in [3.63, 3.8) is 0 Å². The van der Waals surface area contributed by atoms with E-state index in [2.05, 4.69) is 5.32 Å². The van der Waals surface area contributed by atoms with E-state index in [0.717, 1.165) is 32.2 Å². The molecule has 0 radical (unpaired) electrons. The third-order valence-corrected chi connectivity index (χ3v) is 4.68. The average molecular weight is 282 g/mol. The molecule has 1 aliphatic heterocycles. The molecule has 0 bridgehead atoms. The fourth-order valence-electron chi connectivity index (χ4n) is 3.59. The van der Waals surface area contributed by atoms with Gasteiger partial charge in [-0.25, -0.2) is 4.79 Å². The number of rotatable bonds is 3. The molecule has 2 aliphatic rings. The van der Waals surface area contributed by atoms with Crippen LogP contribution in [0.5, 0.6) is 0 Å². The monoisotopic (exact) mass is 282 g/mol. The Bertz CT molecular complexity index is 301. The minimum atomic E-state index is -0.330. The molecule has 4 nitrogen and oxygen atoms in total. The summed E-state index contributed by atoms with van der Waals surface area (Å²) < 4.78 is 0. The smallest absolute Gasteiger partial charge is 0.317 e. The Hall–Kier alpha value is -0.770. The molecule has 1 heterocycles. The fourth-order valence-corrected chi connectivity index (χ4v) is 3.59. The Kier molecular flexibility index (Phi) is 6.14. The minimum Gasteiger partial charge on any atom is -0.393 e. The molecule has 0 aromatic rings. The first-order valence-corrected chi connectivity index (χ1v) is 8.42. The molecule has 0 spiro atoms. The predicted octanol–water partition coefficient (Wildman–Crippen LogP) is 3.04. The number of nitrogens with zero attached hydrogens (tertiary/aromatic N) is 1. The lowest BCUT2D eigenvalue weighted by atomic mass is 9.95. The summed E-state index contributed by atoms with van der Waals surface area (Å²) in [6.07, 6.45) is 10.9. The van der Waals surface area contributed by atoms with Crippen LogP contribution in [0.15, 0.2) is 0 Å². The van der Waals surface area contributed by atoms with Gasteiger partial charge in [-0.3, -0.25) is 0 Å². The topological polar surface area (TPSA) is 52.6 Å². The number of likely N-dealkylation sites (tertiary alicyclic amines) is 1. The van der Waals surface area contributed by atoms with Crippen LogP contribution in [0.3, 0.4) is 0 Å². The summed E-state index contributed by atoms with van der Waals surface area (Å²) in [4.78, 5) is 14.5. The normalized spacial score (nSPS) is 26.9. The van der Waals surface area contributed by atoms with Gasteiger partial charge in [-0.15, -0.1) is 0 Å². The van der Waals surface area contributed by atoms with Gasteiger partial charge < -0.3 is 15.3 Å². The van der Waals surface area contributed by atoms with E-state index in [1.165, 1.54) is 32.1 Å². The van der Waals surface area contributed by atoms with E-state index >= 15 is 0 Å². The molecule has 4 heteroatoms. The maximum Gasteiger partial charge on any atom is 0.317 e. The second-order valence-corrected chi connectivity index (χ2v) is 6.57. The van der Waals surface area contributed by atoms with Crippen molar-refractivity contribution in [3.8, 4) is 0 Å². The second kappa shape index (κ2) is 7.87. The van der Waals surface area contributed by atoms with Gasteiger partial charge in [0.2, 0.25) is 0 Å². The van der Waals surface area contributed by atoms with Gasteiger partial charge in [0.1, 0.15) is 0 Å². The Balaban J connectivity index is 1.92. The van der Waals surface area contributed by atoms with Crippen LogP contribution in [0.4, 0.5) is 4.79 Å². The summed E-state index contributed by atoms with van der Waals surface area (Å²) in [5.41, 5.74) is 0. The lowest BCUT2D eigenvalue weighted by Crippen LogP contribution is -2.50. The quantitative estimate of drug-likeness (QED) is 0.836. The number of nitrogens with one attached hydrogen (secondary N) is 1. The molecule has 2 fully saturated rings. The van der Waals surface area contributed by atoms with Gasteiger partial charge in [-0.05, 0) is 39.0 Å². The van der Waals surface area contributed by atoms with E-state index in [1.807, 2.05) is 11.8 Å². The fraction of sp³-hybridized carbons (Fsp3) is 0.938. The summed E-state index contributed by atoms with van der Waals surface area (Å²) >= 11 is 0. The van der Waals surface area contributed by atoms with Crippen LogP contribution in [0.1, 0.15) is 71.1 Å². The van der Waals surface area contributed by atoms with Crippen molar-refractivity contribution in [1.29, 1.82) is 0 Å². The highest BCUT2D eigenvalue weighted by atomic mass is 16.3. The van der Waals surface area contributed by atoms with E-state index < -0.39 is 0 Å². The zero-order valence-corrected chi connectivity index (χ0v) is 12.8. The zero-order chi connectivity index (χ0) is 14.4. The summed E-state index contributed by atoms with van der Waals surface area (Å²) in [6, 6.07) is 0.678. The Morgan fingerprint density at radius 3 is 2.50 bits per heavy atom. The molecular weight excluding hydrogens is 252 g/mol. The number of urea groups is 1. The third kappa shape index (κ3) is 4.65. The van der Waals surface area contributed by atoms with Gasteiger partial charge in [0.05, 0.1) is 6.10 Å². The van der Waals surface area contributed by atoms with Crippen LogP contribution in [0.25, 0.3) is 0 Å². The Morgan fingerprint density at radius 2 is 1.80 bits per heavy atom. The van der Waals surface area contributed by atoms with E-state index in [-0.39, 0.29) is 18.2 Å². The standard InChI is InChI=1S/C16H30N2O2/c1-13(19)12-15-10-6-3-7-11-18(15)16(20)17-14-8-4-2-5-9-14/h13-15,19H,2-12H2,1H3,(H,17,20). The second-order valence-electron chi connectivity index (χ2n) is 6.57. The van der Waals surface area contributed by atoms with Crippen molar-refractivity contribution in [2.75, 3.05) is 6.54 Å². The van der Waals surface area contributed by atoms with Crippen molar-refractivity contribution in [3.05, 3.63) is 0 Å². The third-order valence-electron chi connectivity index (χ3n) is 4.68. The number of amides is 2. The van der Waals surface area contributed by atoms with Crippen molar-refractivity contribution >= 4 is 6.03 Å². The van der Waals surface area contributed by atoms with Crippen LogP contribution in [-0.4, -0.2) is 40.8 Å². The van der Waals surface area contributed by atoms with Crippen LogP contribution in [-0.2, 0) is 0 Å². The van der Waals surface area contributed by atoms with Crippen molar-refractivity contribution in [1.82, 2.24) is 10.2 Å². The molecule has 20 heavy (non-hydrogen) atoms. The van der Waals surface area contributed by atoms with Gasteiger partial charge in [0, 0.05) is 18.6 Å². The molecule has 1 saturated heterocycles. The Morgan fingerprint density at radius 1 is 1.15 bits per heavy atom. The molecular formula is C16H30N2O2. The highest BCUT2D eigenvalue weighted by molar-refractivity contribution is 5.75. The first kappa shape index (κ1) is 15.6. The molecule has 0 aromatic heterocycles. The van der Waals surface area contributed by atoms with E-state index in [1.54, 1.807) is 0 Å². The SMILES string of the molecule is CC(O)CC1CCCCCN1C(=O)NC1CCCCC1. The summed E-state index contributed by atoms with van der Waals surface area (Å²) in [6.45, 7) is 2.66. The lowest BCUT2D eigenvalue weighted by Gasteiger charge is -2.33. The first-order chi connectivity index (χ1) is 9.66. The highest BCUT2D eigenvalue weighted by Crippen LogP contribution is 2.22. The molecule has 2 unspecified atom stereocenters. The maximum absolute atomic E-state index is 12.5. The molecule has 0 aromatic carbocycles. The van der Waals surface area contributed by atoms with Gasteiger partial charge >= 0.3 is 6.03 Å². The van der Waals surface area contributed by atoms with Crippen molar-refractivity contribution in [2.24, 2.45) is 0 Å². The maximum atomic E-state index is 12.5. The Labute approximate surface area is 122 Å². The number of hydrogen-bond acceptors (Lipinski definition) is 2. The summed E-state index contributed by atoms with van der Waals surface area (Å²) in [7, 11) is 0. The number of hydrogen-bond donors (Lipinski definition) is 2.